The van der Waals surface area contributed by atoms with Gasteiger partial charge in [0.15, 0.2) is 5.16 Å². The molecule has 1 aromatic carbocycles. The first-order chi connectivity index (χ1) is 11.7. The summed E-state index contributed by atoms with van der Waals surface area (Å²) < 4.78 is 50.9. The third-order valence-corrected chi connectivity index (χ3v) is 3.91. The molecule has 0 bridgehead atoms. The van der Waals surface area contributed by atoms with Crippen LogP contribution in [0.15, 0.2) is 35.5 Å². The summed E-state index contributed by atoms with van der Waals surface area (Å²) in [5.74, 6) is -0.305. The second-order valence-electron chi connectivity index (χ2n) is 5.18. The Morgan fingerprint density at radius 1 is 1.20 bits per heavy atom. The van der Waals surface area contributed by atoms with Crippen LogP contribution in [0.1, 0.15) is 17.0 Å². The Kier molecular flexibility index (Phi) is 6.35. The lowest BCUT2D eigenvalue weighted by Gasteiger charge is -2.09. The van der Waals surface area contributed by atoms with Crippen LogP contribution in [0, 0.1) is 12.7 Å². The minimum Gasteiger partial charge on any atom is -0.355 e. The first-order valence-corrected chi connectivity index (χ1v) is 8.29. The summed E-state index contributed by atoms with van der Waals surface area (Å²) in [5.41, 5.74) is -0.0867. The number of alkyl halides is 3. The van der Waals surface area contributed by atoms with Crippen molar-refractivity contribution in [2.24, 2.45) is 0 Å². The minimum atomic E-state index is -4.52. The van der Waals surface area contributed by atoms with Crippen molar-refractivity contribution in [3.05, 3.63) is 53.1 Å². The van der Waals surface area contributed by atoms with Crippen molar-refractivity contribution in [1.29, 1.82) is 0 Å². The smallest absolute Gasteiger partial charge is 0.355 e. The Hall–Kier alpha value is -2.16. The highest BCUT2D eigenvalue weighted by molar-refractivity contribution is 7.99. The Morgan fingerprint density at radius 3 is 2.52 bits per heavy atom. The van der Waals surface area contributed by atoms with Gasteiger partial charge < -0.3 is 5.32 Å². The van der Waals surface area contributed by atoms with Crippen molar-refractivity contribution in [2.45, 2.75) is 24.7 Å². The van der Waals surface area contributed by atoms with Crippen molar-refractivity contribution in [3.63, 3.8) is 0 Å². The highest BCUT2D eigenvalue weighted by Crippen LogP contribution is 2.29. The highest BCUT2D eigenvalue weighted by atomic mass is 32.2. The second-order valence-corrected chi connectivity index (χ2v) is 6.24. The van der Waals surface area contributed by atoms with Gasteiger partial charge in [0, 0.05) is 18.0 Å². The quantitative estimate of drug-likeness (QED) is 0.365. The van der Waals surface area contributed by atoms with Gasteiger partial charge in [-0.25, -0.2) is 14.4 Å². The van der Waals surface area contributed by atoms with E-state index in [4.69, 9.17) is 0 Å². The fourth-order valence-electron chi connectivity index (χ4n) is 1.93. The number of halogens is 4. The fraction of sp³-hybridized carbons (Fsp3) is 0.312. The number of amides is 1. The number of aryl methyl sites for hydroxylation is 1. The number of aromatic nitrogens is 2. The van der Waals surface area contributed by atoms with Gasteiger partial charge in [-0.3, -0.25) is 4.79 Å². The molecule has 0 saturated heterocycles. The number of hydrogen-bond donors (Lipinski definition) is 1. The number of carbonyl (C=O) groups is 1. The molecule has 4 nitrogen and oxygen atoms in total. The molecule has 2 rings (SSSR count). The third-order valence-electron chi connectivity index (χ3n) is 3.06. The predicted octanol–water partition coefficient (Wildman–Crippen LogP) is 3.39. The van der Waals surface area contributed by atoms with Crippen molar-refractivity contribution in [3.8, 4) is 0 Å². The van der Waals surface area contributed by atoms with Crippen molar-refractivity contribution < 1.29 is 22.4 Å². The van der Waals surface area contributed by atoms with E-state index in [1.165, 1.54) is 31.2 Å². The predicted molar refractivity (Wildman–Crippen MR) is 85.6 cm³/mol. The summed E-state index contributed by atoms with van der Waals surface area (Å²) >= 11 is 1.03. The minimum absolute atomic E-state index is 0.0140. The van der Waals surface area contributed by atoms with Gasteiger partial charge in [-0.1, -0.05) is 23.9 Å². The van der Waals surface area contributed by atoms with Gasteiger partial charge in [0.25, 0.3) is 0 Å². The molecule has 1 heterocycles. The standard InChI is InChI=1S/C16H15F4N3OS/c1-10-8-13(16(18,19)20)23-15(22-10)25-7-6-21-14(24)9-11-2-4-12(17)5-3-11/h2-5,8H,6-7,9H2,1H3,(H,21,24). The molecular formula is C16H15F4N3OS. The maximum absolute atomic E-state index is 12.8. The number of carbonyl (C=O) groups excluding carboxylic acids is 1. The second kappa shape index (κ2) is 8.28. The van der Waals surface area contributed by atoms with Crippen molar-refractivity contribution >= 4 is 17.7 Å². The molecule has 0 spiro atoms. The average Bonchev–Trinajstić information content (AvgIpc) is 2.52. The molecule has 0 fully saturated rings. The van der Waals surface area contributed by atoms with Crippen molar-refractivity contribution in [2.75, 3.05) is 12.3 Å². The van der Waals surface area contributed by atoms with E-state index in [-0.39, 0.29) is 35.5 Å². The molecule has 0 unspecified atom stereocenters. The zero-order valence-electron chi connectivity index (χ0n) is 13.2. The Balaban J connectivity index is 1.80. The van der Waals surface area contributed by atoms with Gasteiger partial charge in [0.2, 0.25) is 5.91 Å². The van der Waals surface area contributed by atoms with Crippen LogP contribution < -0.4 is 5.32 Å². The van der Waals surface area contributed by atoms with E-state index in [2.05, 4.69) is 15.3 Å². The van der Waals surface area contributed by atoms with Gasteiger partial charge in [-0.05, 0) is 30.7 Å². The normalized spacial score (nSPS) is 11.4. The van der Waals surface area contributed by atoms with Crippen molar-refractivity contribution in [1.82, 2.24) is 15.3 Å². The number of nitrogens with one attached hydrogen (secondary N) is 1. The molecule has 25 heavy (non-hydrogen) atoms. The molecule has 0 aliphatic heterocycles. The van der Waals surface area contributed by atoms with Crippen LogP contribution in [0.4, 0.5) is 17.6 Å². The van der Waals surface area contributed by atoms with Crippen LogP contribution in [-0.4, -0.2) is 28.2 Å². The molecule has 9 heteroatoms. The summed E-state index contributed by atoms with van der Waals surface area (Å²) in [6.07, 6.45) is -4.42. The number of hydrogen-bond acceptors (Lipinski definition) is 4. The van der Waals surface area contributed by atoms with E-state index >= 15 is 0 Å². The maximum Gasteiger partial charge on any atom is 0.433 e. The first-order valence-electron chi connectivity index (χ1n) is 7.31. The monoisotopic (exact) mass is 373 g/mol. The van der Waals surface area contributed by atoms with E-state index in [1.54, 1.807) is 0 Å². The van der Waals surface area contributed by atoms with E-state index in [0.29, 0.717) is 11.3 Å². The average molecular weight is 373 g/mol. The SMILES string of the molecule is Cc1cc(C(F)(F)F)nc(SCCNC(=O)Cc2ccc(F)cc2)n1. The summed E-state index contributed by atoms with van der Waals surface area (Å²) in [4.78, 5) is 19.2. The van der Waals surface area contributed by atoms with Crippen LogP contribution in [0.25, 0.3) is 0 Å². The Bertz CT molecular complexity index is 735. The Labute approximate surface area is 146 Å². The van der Waals surface area contributed by atoms with E-state index < -0.39 is 11.9 Å². The summed E-state index contributed by atoms with van der Waals surface area (Å²) in [7, 11) is 0. The van der Waals surface area contributed by atoms with Crippen LogP contribution >= 0.6 is 11.8 Å². The highest BCUT2D eigenvalue weighted by Gasteiger charge is 2.33. The van der Waals surface area contributed by atoms with E-state index in [0.717, 1.165) is 17.8 Å². The van der Waals surface area contributed by atoms with Crippen LogP contribution in [-0.2, 0) is 17.4 Å². The zero-order chi connectivity index (χ0) is 18.4. The van der Waals surface area contributed by atoms with Crippen LogP contribution in [0.3, 0.4) is 0 Å². The molecule has 1 N–H and O–H groups in total. The summed E-state index contributed by atoms with van der Waals surface area (Å²) in [6, 6.07) is 6.46. The van der Waals surface area contributed by atoms with Gasteiger partial charge in [-0.15, -0.1) is 0 Å². The molecule has 0 atom stereocenters. The number of thioether (sulfide) groups is 1. The van der Waals surface area contributed by atoms with Crippen LogP contribution in [0.2, 0.25) is 0 Å². The van der Waals surface area contributed by atoms with Gasteiger partial charge in [0.1, 0.15) is 11.5 Å². The van der Waals surface area contributed by atoms with Gasteiger partial charge in [0.05, 0.1) is 6.42 Å². The van der Waals surface area contributed by atoms with Crippen LogP contribution in [0.5, 0.6) is 0 Å². The lowest BCUT2D eigenvalue weighted by Crippen LogP contribution is -2.27. The molecule has 0 radical (unpaired) electrons. The Morgan fingerprint density at radius 2 is 1.88 bits per heavy atom. The van der Waals surface area contributed by atoms with Gasteiger partial charge in [-0.2, -0.15) is 13.2 Å². The van der Waals surface area contributed by atoms with E-state index in [9.17, 15) is 22.4 Å². The number of nitrogens with zero attached hydrogens (tertiary/aromatic N) is 2. The first kappa shape index (κ1) is 19.2. The fourth-order valence-corrected chi connectivity index (χ4v) is 2.69. The zero-order valence-corrected chi connectivity index (χ0v) is 14.0. The molecule has 0 saturated carbocycles. The lowest BCUT2D eigenvalue weighted by atomic mass is 10.1. The summed E-state index contributed by atoms with van der Waals surface area (Å²) in [6.45, 7) is 1.72. The molecule has 0 aliphatic rings. The third kappa shape index (κ3) is 6.33. The molecule has 134 valence electrons. The molecule has 2 aromatic rings. The molecule has 1 amide bonds. The molecule has 1 aromatic heterocycles. The largest absolute Gasteiger partial charge is 0.433 e. The lowest BCUT2D eigenvalue weighted by molar-refractivity contribution is -0.141. The van der Waals surface area contributed by atoms with Gasteiger partial charge >= 0.3 is 6.18 Å². The van der Waals surface area contributed by atoms with E-state index in [1.807, 2.05) is 0 Å². The topological polar surface area (TPSA) is 54.9 Å². The number of benzene rings is 1. The molecular weight excluding hydrogens is 358 g/mol. The molecule has 0 aliphatic carbocycles. The summed E-state index contributed by atoms with van der Waals surface area (Å²) in [5, 5.41) is 2.66. The number of rotatable bonds is 6. The maximum atomic E-state index is 12.8.